The second-order valence-corrected chi connectivity index (χ2v) is 4.05. The van der Waals surface area contributed by atoms with Crippen LogP contribution < -0.4 is 0 Å². The lowest BCUT2D eigenvalue weighted by Gasteiger charge is -2.00. The molecule has 6 nitrogen and oxygen atoms in total. The van der Waals surface area contributed by atoms with Crippen LogP contribution in [-0.2, 0) is 7.05 Å². The minimum absolute atomic E-state index is 0.0299. The molecule has 1 N–H and O–H groups in total. The Kier molecular flexibility index (Phi) is 2.86. The van der Waals surface area contributed by atoms with E-state index in [0.29, 0.717) is 0 Å². The largest absolute Gasteiger partial charge is 0.477 e. The summed E-state index contributed by atoms with van der Waals surface area (Å²) in [5.74, 6) is -1.03. The quantitative estimate of drug-likeness (QED) is 0.858. The van der Waals surface area contributed by atoms with Crippen molar-refractivity contribution >= 4 is 17.7 Å². The van der Waals surface area contributed by atoms with E-state index in [1.807, 2.05) is 7.05 Å². The zero-order valence-corrected chi connectivity index (χ0v) is 9.18. The van der Waals surface area contributed by atoms with E-state index < -0.39 is 5.97 Å². The number of hydrogen-bond donors (Lipinski definition) is 1. The first kappa shape index (κ1) is 10.6. The van der Waals surface area contributed by atoms with Crippen molar-refractivity contribution in [3.05, 3.63) is 30.4 Å². The predicted molar refractivity (Wildman–Crippen MR) is 56.3 cm³/mol. The highest BCUT2D eigenvalue weighted by atomic mass is 32.2. The molecule has 0 saturated carbocycles. The lowest BCUT2D eigenvalue weighted by molar-refractivity contribution is 0.0690. The third kappa shape index (κ3) is 2.19. The molecule has 0 radical (unpaired) electrons. The monoisotopic (exact) mass is 236 g/mol. The zero-order valence-electron chi connectivity index (χ0n) is 8.36. The second-order valence-electron chi connectivity index (χ2n) is 3.01. The van der Waals surface area contributed by atoms with Crippen molar-refractivity contribution in [3.8, 4) is 0 Å². The minimum Gasteiger partial charge on any atom is -0.477 e. The van der Waals surface area contributed by atoms with Crippen LogP contribution in [0.15, 0.2) is 34.7 Å². The van der Waals surface area contributed by atoms with Gasteiger partial charge in [-0.05, 0) is 23.9 Å². The van der Waals surface area contributed by atoms with Gasteiger partial charge in [-0.1, -0.05) is 0 Å². The molecule has 2 rings (SSSR count). The fourth-order valence-corrected chi connectivity index (χ4v) is 1.77. The van der Waals surface area contributed by atoms with E-state index in [4.69, 9.17) is 5.11 Å². The molecule has 16 heavy (non-hydrogen) atoms. The van der Waals surface area contributed by atoms with Crippen molar-refractivity contribution in [1.82, 2.24) is 19.7 Å². The summed E-state index contributed by atoms with van der Waals surface area (Å²) < 4.78 is 1.77. The molecule has 7 heteroatoms. The Morgan fingerprint density at radius 3 is 2.81 bits per heavy atom. The molecule has 0 amide bonds. The number of pyridine rings is 1. The summed E-state index contributed by atoms with van der Waals surface area (Å²) in [6.45, 7) is 0. The van der Waals surface area contributed by atoms with Crippen LogP contribution >= 0.6 is 11.8 Å². The SMILES string of the molecule is Cn1cnnc1Sc1ccc(C(=O)O)nc1. The number of carboxylic acids is 1. The van der Waals surface area contributed by atoms with Gasteiger partial charge in [0.05, 0.1) is 0 Å². The topological polar surface area (TPSA) is 80.9 Å². The first-order valence-corrected chi connectivity index (χ1v) is 5.19. The number of hydrogen-bond acceptors (Lipinski definition) is 5. The Bertz CT molecular complexity index is 508. The molecule has 0 atom stereocenters. The maximum absolute atomic E-state index is 10.6. The summed E-state index contributed by atoms with van der Waals surface area (Å²) in [5, 5.41) is 17.0. The van der Waals surface area contributed by atoms with Gasteiger partial charge in [0.15, 0.2) is 5.16 Å². The first-order valence-electron chi connectivity index (χ1n) is 4.38. The molecule has 2 heterocycles. The fraction of sp³-hybridized carbons (Fsp3) is 0.111. The van der Waals surface area contributed by atoms with Crippen LogP contribution in [0.4, 0.5) is 0 Å². The number of aromatic carboxylic acids is 1. The molecule has 0 bridgehead atoms. The first-order chi connectivity index (χ1) is 7.66. The number of aryl methyl sites for hydroxylation is 1. The number of nitrogens with zero attached hydrogens (tertiary/aromatic N) is 4. The maximum Gasteiger partial charge on any atom is 0.354 e. The van der Waals surface area contributed by atoms with E-state index in [1.165, 1.54) is 24.0 Å². The number of rotatable bonds is 3. The Labute approximate surface area is 95.3 Å². The summed E-state index contributed by atoms with van der Waals surface area (Å²) in [6, 6.07) is 3.15. The highest BCUT2D eigenvalue weighted by molar-refractivity contribution is 7.99. The lowest BCUT2D eigenvalue weighted by Crippen LogP contribution is -1.99. The Morgan fingerprint density at radius 1 is 1.50 bits per heavy atom. The molecule has 0 spiro atoms. The van der Waals surface area contributed by atoms with Crippen molar-refractivity contribution in [1.29, 1.82) is 0 Å². The molecular formula is C9H8N4O2S. The normalized spacial score (nSPS) is 10.3. The van der Waals surface area contributed by atoms with E-state index in [0.717, 1.165) is 10.1 Å². The van der Waals surface area contributed by atoms with Gasteiger partial charge in [-0.3, -0.25) is 0 Å². The van der Waals surface area contributed by atoms with Gasteiger partial charge < -0.3 is 9.67 Å². The Balaban J connectivity index is 2.17. The molecule has 0 saturated heterocycles. The van der Waals surface area contributed by atoms with Gasteiger partial charge in [0.2, 0.25) is 0 Å². The van der Waals surface area contributed by atoms with Crippen LogP contribution in [0.2, 0.25) is 0 Å². The molecule has 82 valence electrons. The standard InChI is InChI=1S/C9H8N4O2S/c1-13-5-11-12-9(13)16-6-2-3-7(8(14)15)10-4-6/h2-5H,1H3,(H,14,15). The van der Waals surface area contributed by atoms with Crippen molar-refractivity contribution in [3.63, 3.8) is 0 Å². The predicted octanol–water partition coefficient (Wildman–Crippen LogP) is 1.06. The van der Waals surface area contributed by atoms with E-state index in [2.05, 4.69) is 15.2 Å². The lowest BCUT2D eigenvalue weighted by atomic mass is 10.4. The maximum atomic E-state index is 10.6. The summed E-state index contributed by atoms with van der Waals surface area (Å²) >= 11 is 1.38. The summed E-state index contributed by atoms with van der Waals surface area (Å²) in [5.41, 5.74) is 0.0299. The zero-order chi connectivity index (χ0) is 11.5. The van der Waals surface area contributed by atoms with E-state index in [9.17, 15) is 4.79 Å². The van der Waals surface area contributed by atoms with Crippen LogP contribution in [-0.4, -0.2) is 30.8 Å². The summed E-state index contributed by atoms with van der Waals surface area (Å²) in [6.07, 6.45) is 3.10. The van der Waals surface area contributed by atoms with Gasteiger partial charge >= 0.3 is 5.97 Å². The average molecular weight is 236 g/mol. The Morgan fingerprint density at radius 2 is 2.31 bits per heavy atom. The van der Waals surface area contributed by atoms with Crippen LogP contribution in [0, 0.1) is 0 Å². The molecule has 0 aliphatic rings. The molecule has 0 fully saturated rings. The van der Waals surface area contributed by atoms with E-state index in [1.54, 1.807) is 17.0 Å². The van der Waals surface area contributed by atoms with Gasteiger partial charge in [-0.15, -0.1) is 10.2 Å². The van der Waals surface area contributed by atoms with Gasteiger partial charge in [0.25, 0.3) is 0 Å². The molecule has 0 aliphatic carbocycles. The van der Waals surface area contributed by atoms with Crippen molar-refractivity contribution in [2.75, 3.05) is 0 Å². The average Bonchev–Trinajstić information content (AvgIpc) is 2.65. The second kappa shape index (κ2) is 4.31. The van der Waals surface area contributed by atoms with Gasteiger partial charge in [-0.2, -0.15) is 0 Å². The Hall–Kier alpha value is -1.89. The van der Waals surface area contributed by atoms with Gasteiger partial charge in [-0.25, -0.2) is 9.78 Å². The summed E-state index contributed by atoms with van der Waals surface area (Å²) in [4.78, 5) is 15.2. The third-order valence-electron chi connectivity index (χ3n) is 1.83. The van der Waals surface area contributed by atoms with E-state index >= 15 is 0 Å². The smallest absolute Gasteiger partial charge is 0.354 e. The van der Waals surface area contributed by atoms with Crippen LogP contribution in [0.25, 0.3) is 0 Å². The molecule has 0 aromatic carbocycles. The van der Waals surface area contributed by atoms with Crippen LogP contribution in [0.5, 0.6) is 0 Å². The molecule has 2 aromatic heterocycles. The number of aromatic nitrogens is 4. The molecular weight excluding hydrogens is 228 g/mol. The van der Waals surface area contributed by atoms with Crippen LogP contribution in [0.1, 0.15) is 10.5 Å². The molecule has 2 aromatic rings. The highest BCUT2D eigenvalue weighted by Gasteiger charge is 2.06. The van der Waals surface area contributed by atoms with Crippen molar-refractivity contribution in [2.24, 2.45) is 7.05 Å². The van der Waals surface area contributed by atoms with Crippen LogP contribution in [0.3, 0.4) is 0 Å². The number of carboxylic acid groups (broad SMARTS) is 1. The summed E-state index contributed by atoms with van der Waals surface area (Å²) in [7, 11) is 1.83. The molecule has 0 unspecified atom stereocenters. The van der Waals surface area contributed by atoms with Gasteiger partial charge in [0.1, 0.15) is 12.0 Å². The van der Waals surface area contributed by atoms with Crippen molar-refractivity contribution < 1.29 is 9.90 Å². The minimum atomic E-state index is -1.03. The van der Waals surface area contributed by atoms with E-state index in [-0.39, 0.29) is 5.69 Å². The highest BCUT2D eigenvalue weighted by Crippen LogP contribution is 2.24. The fourth-order valence-electron chi connectivity index (χ4n) is 1.04. The van der Waals surface area contributed by atoms with Gasteiger partial charge in [0, 0.05) is 18.1 Å². The molecule has 0 aliphatic heterocycles. The number of carbonyl (C=O) groups is 1. The third-order valence-corrected chi connectivity index (χ3v) is 2.86. The van der Waals surface area contributed by atoms with Crippen molar-refractivity contribution in [2.45, 2.75) is 10.1 Å².